The van der Waals surface area contributed by atoms with Crippen LogP contribution in [0, 0.1) is 0 Å². The number of aliphatic imine (C=N–C) groups is 1. The highest BCUT2D eigenvalue weighted by atomic mass is 32.1. The van der Waals surface area contributed by atoms with Crippen LogP contribution >= 0.6 is 22.7 Å². The van der Waals surface area contributed by atoms with Crippen molar-refractivity contribution in [3.8, 4) is 0 Å². The second kappa shape index (κ2) is 10.4. The maximum Gasteiger partial charge on any atom is 0.0970 e. The van der Waals surface area contributed by atoms with E-state index in [4.69, 9.17) is 10.7 Å². The summed E-state index contributed by atoms with van der Waals surface area (Å²) in [6.07, 6.45) is 4.09. The molecule has 9 rings (SSSR count). The van der Waals surface area contributed by atoms with Gasteiger partial charge in [-0.15, -0.1) is 22.7 Å². The first-order valence-electron chi connectivity index (χ1n) is 15.0. The molecular formula is C40H27N3S2. The number of aromatic nitrogens is 1. The molecule has 0 saturated carbocycles. The zero-order valence-electron chi connectivity index (χ0n) is 24.2. The number of benzene rings is 6. The molecule has 0 fully saturated rings. The molecule has 9 aromatic rings. The molecule has 6 aromatic carbocycles. The van der Waals surface area contributed by atoms with Crippen molar-refractivity contribution >= 4 is 96.9 Å². The van der Waals surface area contributed by atoms with Crippen LogP contribution in [0.5, 0.6) is 0 Å². The molecule has 0 aliphatic carbocycles. The highest BCUT2D eigenvalue weighted by Crippen LogP contribution is 2.42. The van der Waals surface area contributed by atoms with E-state index in [9.17, 15) is 0 Å². The normalized spacial score (nSPS) is 13.4. The lowest BCUT2D eigenvalue weighted by molar-refractivity contribution is 0.910. The Kier molecular flexibility index (Phi) is 6.08. The molecule has 0 saturated heterocycles. The molecule has 1 unspecified atom stereocenters. The van der Waals surface area contributed by atoms with Crippen molar-refractivity contribution in [3.63, 3.8) is 0 Å². The first kappa shape index (κ1) is 26.2. The Morgan fingerprint density at radius 1 is 0.578 bits per heavy atom. The van der Waals surface area contributed by atoms with Crippen molar-refractivity contribution in [2.24, 2.45) is 10.7 Å². The van der Waals surface area contributed by atoms with Gasteiger partial charge in [0.1, 0.15) is 0 Å². The number of hydrogen-bond donors (Lipinski definition) is 1. The van der Waals surface area contributed by atoms with Crippen LogP contribution in [0.1, 0.15) is 17.2 Å². The maximum atomic E-state index is 6.94. The Bertz CT molecular complexity index is 2620. The summed E-state index contributed by atoms with van der Waals surface area (Å²) in [5.74, 6) is 0. The van der Waals surface area contributed by atoms with E-state index in [2.05, 4.69) is 138 Å². The topological polar surface area (TPSA) is 43.3 Å². The molecule has 0 aliphatic heterocycles. The van der Waals surface area contributed by atoms with Gasteiger partial charge in [-0.3, -0.25) is 4.99 Å². The highest BCUT2D eigenvalue weighted by Gasteiger charge is 2.17. The number of fused-ring (bicyclic) bond motifs is 10. The summed E-state index contributed by atoms with van der Waals surface area (Å²) < 4.78 is 7.34. The van der Waals surface area contributed by atoms with Crippen LogP contribution in [0.3, 0.4) is 0 Å². The molecule has 45 heavy (non-hydrogen) atoms. The van der Waals surface area contributed by atoms with E-state index >= 15 is 0 Å². The van der Waals surface area contributed by atoms with E-state index in [1.165, 1.54) is 51.1 Å². The van der Waals surface area contributed by atoms with E-state index in [-0.39, 0.29) is 6.04 Å². The molecule has 0 aliphatic rings. The Labute approximate surface area is 267 Å². The van der Waals surface area contributed by atoms with Gasteiger partial charge in [0.05, 0.1) is 23.4 Å². The monoisotopic (exact) mass is 613 g/mol. The summed E-state index contributed by atoms with van der Waals surface area (Å²) in [6, 6.07) is 46.9. The zero-order valence-corrected chi connectivity index (χ0v) is 25.9. The van der Waals surface area contributed by atoms with Crippen molar-refractivity contribution in [2.45, 2.75) is 6.04 Å². The van der Waals surface area contributed by atoms with Gasteiger partial charge in [-0.25, -0.2) is 0 Å². The van der Waals surface area contributed by atoms with Crippen molar-refractivity contribution in [3.05, 3.63) is 151 Å². The van der Waals surface area contributed by atoms with Gasteiger partial charge in [0.25, 0.3) is 0 Å². The van der Waals surface area contributed by atoms with Gasteiger partial charge < -0.3 is 10.3 Å². The van der Waals surface area contributed by atoms with Crippen molar-refractivity contribution in [2.75, 3.05) is 0 Å². The molecule has 0 bridgehead atoms. The number of para-hydroxylation sites is 1. The van der Waals surface area contributed by atoms with Gasteiger partial charge in [0, 0.05) is 62.4 Å². The van der Waals surface area contributed by atoms with Crippen molar-refractivity contribution < 1.29 is 0 Å². The summed E-state index contributed by atoms with van der Waals surface area (Å²) >= 11 is 3.66. The summed E-state index contributed by atoms with van der Waals surface area (Å²) in [4.78, 5) is 5.24. The Morgan fingerprint density at radius 2 is 1.20 bits per heavy atom. The lowest BCUT2D eigenvalue weighted by atomic mass is 10.0. The number of nitrogens with zero attached hydrogens (tertiary/aromatic N) is 2. The molecule has 0 amide bonds. The third-order valence-corrected chi connectivity index (χ3v) is 11.2. The van der Waals surface area contributed by atoms with Crippen molar-refractivity contribution in [1.29, 1.82) is 0 Å². The van der Waals surface area contributed by atoms with E-state index < -0.39 is 0 Å². The van der Waals surface area contributed by atoms with Gasteiger partial charge in [-0.2, -0.15) is 0 Å². The molecule has 2 N–H and O–H groups in total. The molecule has 3 aromatic heterocycles. The van der Waals surface area contributed by atoms with Gasteiger partial charge in [-0.1, -0.05) is 109 Å². The SMILES string of the molecule is N/C(=C\C(N=Cn1c2ccccc2c2c3sc4ccccc4c3ccc21)c1ccccc1)c1cccc2c1sc1ccccc12. The average molecular weight is 614 g/mol. The minimum atomic E-state index is -0.264. The van der Waals surface area contributed by atoms with Crippen LogP contribution < -0.4 is 5.73 Å². The largest absolute Gasteiger partial charge is 0.398 e. The average Bonchev–Trinajstić information content (AvgIpc) is 3.76. The fourth-order valence-electron chi connectivity index (χ4n) is 6.64. The third-order valence-electron chi connectivity index (χ3n) is 8.75. The van der Waals surface area contributed by atoms with E-state index in [1.54, 1.807) is 11.3 Å². The summed E-state index contributed by atoms with van der Waals surface area (Å²) in [5.41, 5.74) is 12.1. The molecule has 0 radical (unpaired) electrons. The van der Waals surface area contributed by atoms with Crippen LogP contribution in [0.15, 0.2) is 145 Å². The summed E-state index contributed by atoms with van der Waals surface area (Å²) in [5, 5.41) is 7.63. The molecule has 5 heteroatoms. The Hall–Kier alpha value is -5.23. The van der Waals surface area contributed by atoms with Crippen LogP contribution in [-0.4, -0.2) is 10.9 Å². The first-order chi connectivity index (χ1) is 22.2. The fourth-order valence-corrected chi connectivity index (χ4v) is 9.13. The molecule has 3 nitrogen and oxygen atoms in total. The minimum Gasteiger partial charge on any atom is -0.398 e. The smallest absolute Gasteiger partial charge is 0.0970 e. The third kappa shape index (κ3) is 4.20. The van der Waals surface area contributed by atoms with Gasteiger partial charge >= 0.3 is 0 Å². The van der Waals surface area contributed by atoms with Gasteiger partial charge in [-0.05, 0) is 35.9 Å². The van der Waals surface area contributed by atoms with Gasteiger partial charge in [0.15, 0.2) is 0 Å². The van der Waals surface area contributed by atoms with E-state index in [0.717, 1.165) is 27.9 Å². The second-order valence-electron chi connectivity index (χ2n) is 11.3. The second-order valence-corrected chi connectivity index (χ2v) is 13.4. The number of nitrogens with two attached hydrogens (primary N) is 1. The summed E-state index contributed by atoms with van der Waals surface area (Å²) in [6.45, 7) is 0. The predicted octanol–water partition coefficient (Wildman–Crippen LogP) is 11.1. The predicted molar refractivity (Wildman–Crippen MR) is 197 cm³/mol. The lowest BCUT2D eigenvalue weighted by Crippen LogP contribution is -2.03. The highest BCUT2D eigenvalue weighted by molar-refractivity contribution is 7.27. The van der Waals surface area contributed by atoms with Gasteiger partial charge in [0.2, 0.25) is 0 Å². The van der Waals surface area contributed by atoms with Crippen LogP contribution in [0.25, 0.3) is 67.8 Å². The molecule has 1 atom stereocenters. The standard InChI is InChI=1S/C40H27N3S2/c41-32(30-17-10-16-28-26-13-5-8-19-36(26)44-39(28)30)23-33(25-11-2-1-3-12-25)42-24-43-34-18-7-4-15-31(34)38-35(43)22-21-29-27-14-6-9-20-37(27)45-40(29)38/h1-24,33H,41H2/b32-23-,42-24?. The molecule has 3 heterocycles. The molecule has 0 spiro atoms. The van der Waals surface area contributed by atoms with Crippen molar-refractivity contribution in [1.82, 2.24) is 4.57 Å². The quantitative estimate of drug-likeness (QED) is 0.152. The zero-order chi connectivity index (χ0) is 29.9. The maximum absolute atomic E-state index is 6.94. The van der Waals surface area contributed by atoms with Crippen LogP contribution in [-0.2, 0) is 0 Å². The molecular weight excluding hydrogens is 587 g/mol. The minimum absolute atomic E-state index is 0.264. The number of hydrogen-bond acceptors (Lipinski definition) is 4. The Morgan fingerprint density at radius 3 is 1.98 bits per heavy atom. The fraction of sp³-hybridized carbons (Fsp3) is 0.0250. The molecule has 214 valence electrons. The van der Waals surface area contributed by atoms with E-state index in [0.29, 0.717) is 0 Å². The van der Waals surface area contributed by atoms with E-state index in [1.807, 2.05) is 23.7 Å². The first-order valence-corrected chi connectivity index (χ1v) is 16.7. The van der Waals surface area contributed by atoms with Crippen LogP contribution in [0.2, 0.25) is 0 Å². The lowest BCUT2D eigenvalue weighted by Gasteiger charge is -2.12. The number of rotatable bonds is 5. The summed E-state index contributed by atoms with van der Waals surface area (Å²) in [7, 11) is 0. The van der Waals surface area contributed by atoms with Crippen LogP contribution in [0.4, 0.5) is 0 Å². The Balaban J connectivity index is 1.21. The number of thiophene rings is 2.